The van der Waals surface area contributed by atoms with Gasteiger partial charge in [-0.25, -0.2) is 0 Å². The lowest BCUT2D eigenvalue weighted by atomic mass is 10.0. The van der Waals surface area contributed by atoms with E-state index in [1.807, 2.05) is 6.07 Å². The summed E-state index contributed by atoms with van der Waals surface area (Å²) in [7, 11) is 0. The van der Waals surface area contributed by atoms with Gasteiger partial charge in [-0.05, 0) is 49.6 Å². The van der Waals surface area contributed by atoms with Gasteiger partial charge in [-0.1, -0.05) is 42.0 Å². The summed E-state index contributed by atoms with van der Waals surface area (Å²) in [5, 5.41) is 0. The van der Waals surface area contributed by atoms with Gasteiger partial charge in [0.1, 0.15) is 0 Å². The van der Waals surface area contributed by atoms with Crippen LogP contribution in [0.2, 0.25) is 0 Å². The molecule has 1 unspecified atom stereocenters. The summed E-state index contributed by atoms with van der Waals surface area (Å²) in [5.74, 6) is 0. The van der Waals surface area contributed by atoms with Gasteiger partial charge in [0.05, 0.1) is 0 Å². The third kappa shape index (κ3) is 2.86. The van der Waals surface area contributed by atoms with Crippen molar-refractivity contribution in [3.05, 3.63) is 65.2 Å². The Morgan fingerprint density at radius 2 is 1.95 bits per heavy atom. The van der Waals surface area contributed by atoms with E-state index in [0.29, 0.717) is 6.04 Å². The van der Waals surface area contributed by atoms with Crippen LogP contribution in [0.25, 0.3) is 0 Å². The van der Waals surface area contributed by atoms with Crippen molar-refractivity contribution >= 4 is 5.69 Å². The lowest BCUT2D eigenvalue weighted by molar-refractivity contribution is 0.248. The number of nitrogen functional groups attached to an aromatic ring is 1. The molecule has 1 saturated heterocycles. The normalized spacial score (nSPS) is 19.4. The van der Waals surface area contributed by atoms with Gasteiger partial charge in [0, 0.05) is 18.3 Å². The van der Waals surface area contributed by atoms with Crippen LogP contribution in [0.1, 0.15) is 35.6 Å². The average Bonchev–Trinajstić information content (AvgIpc) is 2.89. The van der Waals surface area contributed by atoms with E-state index in [1.54, 1.807) is 0 Å². The highest BCUT2D eigenvalue weighted by Crippen LogP contribution is 2.33. The number of nitrogens with two attached hydrogens (primary N) is 1. The predicted octanol–water partition coefficient (Wildman–Crippen LogP) is 3.91. The lowest BCUT2D eigenvalue weighted by Gasteiger charge is -2.25. The van der Waals surface area contributed by atoms with Gasteiger partial charge in [-0.2, -0.15) is 0 Å². The second-order valence-electron chi connectivity index (χ2n) is 5.78. The van der Waals surface area contributed by atoms with E-state index in [9.17, 15) is 0 Å². The summed E-state index contributed by atoms with van der Waals surface area (Å²) in [6, 6.07) is 17.7. The van der Waals surface area contributed by atoms with E-state index in [0.717, 1.165) is 12.2 Å². The molecule has 0 amide bonds. The van der Waals surface area contributed by atoms with Gasteiger partial charge in [-0.15, -0.1) is 0 Å². The van der Waals surface area contributed by atoms with Gasteiger partial charge in [0.15, 0.2) is 0 Å². The third-order valence-corrected chi connectivity index (χ3v) is 4.17. The first-order valence-corrected chi connectivity index (χ1v) is 7.37. The zero-order valence-electron chi connectivity index (χ0n) is 12.0. The lowest BCUT2D eigenvalue weighted by Crippen LogP contribution is -2.22. The summed E-state index contributed by atoms with van der Waals surface area (Å²) in [4.78, 5) is 2.57. The summed E-state index contributed by atoms with van der Waals surface area (Å²) in [5.41, 5.74) is 10.9. The van der Waals surface area contributed by atoms with Gasteiger partial charge >= 0.3 is 0 Å². The van der Waals surface area contributed by atoms with Crippen molar-refractivity contribution in [3.63, 3.8) is 0 Å². The van der Waals surface area contributed by atoms with E-state index in [-0.39, 0.29) is 0 Å². The maximum Gasteiger partial charge on any atom is 0.0352 e. The molecular weight excluding hydrogens is 244 g/mol. The summed E-state index contributed by atoms with van der Waals surface area (Å²) >= 11 is 0. The van der Waals surface area contributed by atoms with Gasteiger partial charge in [-0.3, -0.25) is 4.90 Å². The highest BCUT2D eigenvalue weighted by molar-refractivity contribution is 5.42. The molecule has 0 radical (unpaired) electrons. The van der Waals surface area contributed by atoms with Crippen LogP contribution in [0.3, 0.4) is 0 Å². The fraction of sp³-hybridized carbons (Fsp3) is 0.333. The number of benzene rings is 2. The Hall–Kier alpha value is -1.80. The molecule has 1 heterocycles. The molecule has 0 saturated carbocycles. The van der Waals surface area contributed by atoms with Crippen LogP contribution < -0.4 is 5.73 Å². The molecule has 2 heteroatoms. The van der Waals surface area contributed by atoms with E-state index < -0.39 is 0 Å². The first kappa shape index (κ1) is 13.2. The summed E-state index contributed by atoms with van der Waals surface area (Å²) < 4.78 is 0. The summed E-state index contributed by atoms with van der Waals surface area (Å²) in [6.45, 7) is 4.34. The highest BCUT2D eigenvalue weighted by Gasteiger charge is 2.25. The van der Waals surface area contributed by atoms with E-state index >= 15 is 0 Å². The number of anilines is 1. The largest absolute Gasteiger partial charge is 0.399 e. The van der Waals surface area contributed by atoms with Gasteiger partial charge < -0.3 is 5.73 Å². The van der Waals surface area contributed by atoms with Crippen molar-refractivity contribution in [2.24, 2.45) is 0 Å². The number of aryl methyl sites for hydroxylation is 1. The minimum atomic E-state index is 0.514. The molecule has 20 heavy (non-hydrogen) atoms. The Balaban J connectivity index is 1.77. The SMILES string of the molecule is Cc1ccc(CN2CCCC2c2cccc(N)c2)cc1. The number of likely N-dealkylation sites (tertiary alicyclic amines) is 1. The minimum Gasteiger partial charge on any atom is -0.399 e. The van der Waals surface area contributed by atoms with Crippen LogP contribution in [0.15, 0.2) is 48.5 Å². The molecule has 2 aromatic rings. The van der Waals surface area contributed by atoms with Crippen molar-refractivity contribution in [1.82, 2.24) is 4.90 Å². The van der Waals surface area contributed by atoms with Crippen LogP contribution in [-0.4, -0.2) is 11.4 Å². The monoisotopic (exact) mass is 266 g/mol. The molecule has 1 aliphatic rings. The van der Waals surface area contributed by atoms with Crippen molar-refractivity contribution in [3.8, 4) is 0 Å². The van der Waals surface area contributed by atoms with Crippen molar-refractivity contribution in [2.45, 2.75) is 32.4 Å². The Kier molecular flexibility index (Phi) is 3.75. The van der Waals surface area contributed by atoms with Crippen LogP contribution in [0, 0.1) is 6.92 Å². The Morgan fingerprint density at radius 1 is 1.15 bits per heavy atom. The molecule has 0 bridgehead atoms. The maximum absolute atomic E-state index is 5.92. The fourth-order valence-corrected chi connectivity index (χ4v) is 3.09. The Bertz CT molecular complexity index is 574. The van der Waals surface area contributed by atoms with E-state index in [1.165, 1.54) is 36.1 Å². The molecule has 1 aliphatic heterocycles. The van der Waals surface area contributed by atoms with Crippen LogP contribution in [-0.2, 0) is 6.54 Å². The molecule has 1 atom stereocenters. The first-order valence-electron chi connectivity index (χ1n) is 7.37. The van der Waals surface area contributed by atoms with Crippen molar-refractivity contribution in [2.75, 3.05) is 12.3 Å². The standard InChI is InChI=1S/C18H22N2/c1-14-7-9-15(10-8-14)13-20-11-3-6-18(20)16-4-2-5-17(19)12-16/h2,4-5,7-10,12,18H,3,6,11,13,19H2,1H3. The second-order valence-corrected chi connectivity index (χ2v) is 5.78. The van der Waals surface area contributed by atoms with Crippen LogP contribution >= 0.6 is 0 Å². The number of hydrogen-bond acceptors (Lipinski definition) is 2. The molecule has 2 aromatic carbocycles. The second kappa shape index (κ2) is 5.68. The molecule has 104 valence electrons. The minimum absolute atomic E-state index is 0.514. The first-order chi connectivity index (χ1) is 9.72. The smallest absolute Gasteiger partial charge is 0.0352 e. The number of hydrogen-bond donors (Lipinski definition) is 1. The zero-order valence-corrected chi connectivity index (χ0v) is 12.0. The Morgan fingerprint density at radius 3 is 2.70 bits per heavy atom. The van der Waals surface area contributed by atoms with Crippen molar-refractivity contribution < 1.29 is 0 Å². The molecule has 1 fully saturated rings. The maximum atomic E-state index is 5.92. The number of nitrogens with zero attached hydrogens (tertiary/aromatic N) is 1. The van der Waals surface area contributed by atoms with E-state index in [2.05, 4.69) is 54.3 Å². The molecular formula is C18H22N2. The third-order valence-electron chi connectivity index (χ3n) is 4.17. The fourth-order valence-electron chi connectivity index (χ4n) is 3.09. The molecule has 0 aliphatic carbocycles. The van der Waals surface area contributed by atoms with Crippen LogP contribution in [0.4, 0.5) is 5.69 Å². The zero-order chi connectivity index (χ0) is 13.9. The molecule has 2 nitrogen and oxygen atoms in total. The Labute approximate surface area is 121 Å². The highest BCUT2D eigenvalue weighted by atomic mass is 15.2. The van der Waals surface area contributed by atoms with Gasteiger partial charge in [0.25, 0.3) is 0 Å². The molecule has 0 spiro atoms. The summed E-state index contributed by atoms with van der Waals surface area (Å²) in [6.07, 6.45) is 2.50. The van der Waals surface area contributed by atoms with Crippen LogP contribution in [0.5, 0.6) is 0 Å². The average molecular weight is 266 g/mol. The quantitative estimate of drug-likeness (QED) is 0.853. The number of rotatable bonds is 3. The topological polar surface area (TPSA) is 29.3 Å². The van der Waals surface area contributed by atoms with E-state index in [4.69, 9.17) is 5.73 Å². The predicted molar refractivity (Wildman–Crippen MR) is 84.4 cm³/mol. The molecule has 2 N–H and O–H groups in total. The molecule has 0 aromatic heterocycles. The molecule has 3 rings (SSSR count). The van der Waals surface area contributed by atoms with Crippen molar-refractivity contribution in [1.29, 1.82) is 0 Å². The van der Waals surface area contributed by atoms with Gasteiger partial charge in [0.2, 0.25) is 0 Å².